The topological polar surface area (TPSA) is 34.9 Å². The average molecular weight is 282 g/mol. The maximum atomic E-state index is 12.6. The lowest BCUT2D eigenvalue weighted by atomic mass is 9.81. The number of Topliss-reactive ketones (excluding diaryl/α,β-unsaturated/α-hetero) is 1. The summed E-state index contributed by atoms with van der Waals surface area (Å²) in [6.07, 6.45) is 4.33. The number of aromatic nitrogens is 2. The second-order valence-electron chi connectivity index (χ2n) is 5.96. The van der Waals surface area contributed by atoms with Crippen LogP contribution in [0.3, 0.4) is 0 Å². The molecule has 1 aliphatic carbocycles. The molecule has 2 aromatic rings. The molecule has 0 saturated carbocycles. The maximum absolute atomic E-state index is 12.6. The van der Waals surface area contributed by atoms with E-state index in [0.29, 0.717) is 12.2 Å². The normalized spacial score (nSPS) is 17.5. The van der Waals surface area contributed by atoms with Crippen LogP contribution in [0.2, 0.25) is 0 Å². The molecule has 1 unspecified atom stereocenters. The van der Waals surface area contributed by atoms with Crippen LogP contribution in [-0.4, -0.2) is 15.6 Å². The molecule has 21 heavy (non-hydrogen) atoms. The van der Waals surface area contributed by atoms with Crippen LogP contribution in [0.5, 0.6) is 0 Å². The Balaban J connectivity index is 1.70. The second-order valence-corrected chi connectivity index (χ2v) is 5.96. The summed E-state index contributed by atoms with van der Waals surface area (Å²) in [7, 11) is 1.93. The SMILES string of the molecule is CCc1cc(CC(=O)C2CCc3ccccc3C2)n(C)n1. The Morgan fingerprint density at radius 2 is 2.10 bits per heavy atom. The van der Waals surface area contributed by atoms with E-state index in [1.807, 2.05) is 11.7 Å². The lowest BCUT2D eigenvalue weighted by molar-refractivity contribution is -0.122. The standard InChI is InChI=1S/C18H22N2O/c1-3-16-11-17(20(2)19-16)12-18(21)15-9-8-13-6-4-5-7-14(13)10-15/h4-7,11,15H,3,8-10,12H2,1-2H3. The van der Waals surface area contributed by atoms with Gasteiger partial charge in [-0.05, 0) is 42.9 Å². The van der Waals surface area contributed by atoms with E-state index in [0.717, 1.165) is 37.1 Å². The molecule has 0 saturated heterocycles. The Kier molecular flexibility index (Phi) is 3.91. The van der Waals surface area contributed by atoms with Crippen molar-refractivity contribution in [1.82, 2.24) is 9.78 Å². The quantitative estimate of drug-likeness (QED) is 0.864. The minimum Gasteiger partial charge on any atom is -0.299 e. The van der Waals surface area contributed by atoms with Crippen molar-refractivity contribution < 1.29 is 4.79 Å². The minimum atomic E-state index is 0.167. The lowest BCUT2D eigenvalue weighted by Crippen LogP contribution is -2.24. The molecule has 110 valence electrons. The van der Waals surface area contributed by atoms with Gasteiger partial charge < -0.3 is 0 Å². The van der Waals surface area contributed by atoms with Gasteiger partial charge in [-0.15, -0.1) is 0 Å². The molecule has 1 aromatic carbocycles. The van der Waals surface area contributed by atoms with Crippen LogP contribution in [0.15, 0.2) is 30.3 Å². The van der Waals surface area contributed by atoms with Crippen molar-refractivity contribution in [3.63, 3.8) is 0 Å². The minimum absolute atomic E-state index is 0.167. The van der Waals surface area contributed by atoms with E-state index in [2.05, 4.69) is 42.4 Å². The van der Waals surface area contributed by atoms with Gasteiger partial charge >= 0.3 is 0 Å². The molecule has 0 bridgehead atoms. The van der Waals surface area contributed by atoms with Crippen molar-refractivity contribution in [2.24, 2.45) is 13.0 Å². The fourth-order valence-corrected chi connectivity index (χ4v) is 3.21. The van der Waals surface area contributed by atoms with Crippen molar-refractivity contribution in [3.05, 3.63) is 52.8 Å². The molecule has 1 heterocycles. The van der Waals surface area contributed by atoms with Crippen molar-refractivity contribution in [3.8, 4) is 0 Å². The number of ketones is 1. The highest BCUT2D eigenvalue weighted by Crippen LogP contribution is 2.26. The molecule has 0 fully saturated rings. The van der Waals surface area contributed by atoms with Gasteiger partial charge in [0.25, 0.3) is 0 Å². The molecular formula is C18H22N2O. The van der Waals surface area contributed by atoms with E-state index in [-0.39, 0.29) is 5.92 Å². The Labute approximate surface area is 126 Å². The van der Waals surface area contributed by atoms with Gasteiger partial charge in [0, 0.05) is 25.1 Å². The summed E-state index contributed by atoms with van der Waals surface area (Å²) in [6.45, 7) is 2.09. The van der Waals surface area contributed by atoms with Gasteiger partial charge in [-0.25, -0.2) is 0 Å². The van der Waals surface area contributed by atoms with Crippen LogP contribution in [0.25, 0.3) is 0 Å². The summed E-state index contributed by atoms with van der Waals surface area (Å²) >= 11 is 0. The summed E-state index contributed by atoms with van der Waals surface area (Å²) in [6, 6.07) is 10.6. The van der Waals surface area contributed by atoms with E-state index in [4.69, 9.17) is 0 Å². The molecule has 3 rings (SSSR count). The molecule has 0 radical (unpaired) electrons. The summed E-state index contributed by atoms with van der Waals surface area (Å²) in [5.74, 6) is 0.523. The lowest BCUT2D eigenvalue weighted by Gasteiger charge is -2.23. The highest BCUT2D eigenvalue weighted by Gasteiger charge is 2.25. The molecule has 0 aliphatic heterocycles. The van der Waals surface area contributed by atoms with Gasteiger partial charge in [0.1, 0.15) is 5.78 Å². The number of carbonyl (C=O) groups is 1. The van der Waals surface area contributed by atoms with Crippen LogP contribution in [-0.2, 0) is 37.5 Å². The predicted octanol–water partition coefficient (Wildman–Crippen LogP) is 2.90. The summed E-state index contributed by atoms with van der Waals surface area (Å²) < 4.78 is 1.85. The molecule has 1 aromatic heterocycles. The van der Waals surface area contributed by atoms with E-state index in [9.17, 15) is 4.79 Å². The number of carbonyl (C=O) groups excluding carboxylic acids is 1. The molecule has 3 heteroatoms. The monoisotopic (exact) mass is 282 g/mol. The van der Waals surface area contributed by atoms with Gasteiger partial charge in [0.05, 0.1) is 5.69 Å². The largest absolute Gasteiger partial charge is 0.299 e. The third kappa shape index (κ3) is 2.92. The van der Waals surface area contributed by atoms with Crippen molar-refractivity contribution in [2.75, 3.05) is 0 Å². The smallest absolute Gasteiger partial charge is 0.142 e. The molecule has 0 N–H and O–H groups in total. The first kappa shape index (κ1) is 14.1. The van der Waals surface area contributed by atoms with Crippen LogP contribution >= 0.6 is 0 Å². The second kappa shape index (κ2) is 5.84. The van der Waals surface area contributed by atoms with E-state index >= 15 is 0 Å². The molecular weight excluding hydrogens is 260 g/mol. The fourth-order valence-electron chi connectivity index (χ4n) is 3.21. The van der Waals surface area contributed by atoms with E-state index in [1.165, 1.54) is 11.1 Å². The fraction of sp³-hybridized carbons (Fsp3) is 0.444. The highest BCUT2D eigenvalue weighted by molar-refractivity contribution is 5.83. The summed E-state index contributed by atoms with van der Waals surface area (Å²) in [5, 5.41) is 4.43. The zero-order chi connectivity index (χ0) is 14.8. The molecule has 0 amide bonds. The third-order valence-corrected chi connectivity index (χ3v) is 4.55. The first-order valence-corrected chi connectivity index (χ1v) is 7.78. The average Bonchev–Trinajstić information content (AvgIpc) is 2.87. The van der Waals surface area contributed by atoms with Crippen molar-refractivity contribution >= 4 is 5.78 Å². The van der Waals surface area contributed by atoms with Crippen molar-refractivity contribution in [1.29, 1.82) is 0 Å². The van der Waals surface area contributed by atoms with Gasteiger partial charge in [-0.2, -0.15) is 5.10 Å². The predicted molar refractivity (Wildman–Crippen MR) is 83.3 cm³/mol. The molecule has 1 aliphatic rings. The Morgan fingerprint density at radius 3 is 2.81 bits per heavy atom. The van der Waals surface area contributed by atoms with Crippen LogP contribution in [0.1, 0.15) is 35.9 Å². The summed E-state index contributed by atoms with van der Waals surface area (Å²) in [4.78, 5) is 12.6. The number of hydrogen-bond donors (Lipinski definition) is 0. The number of benzene rings is 1. The number of fused-ring (bicyclic) bond motifs is 1. The van der Waals surface area contributed by atoms with Crippen molar-refractivity contribution in [2.45, 2.75) is 39.0 Å². The summed E-state index contributed by atoms with van der Waals surface area (Å²) in [5.41, 5.74) is 4.86. The van der Waals surface area contributed by atoms with Crippen LogP contribution < -0.4 is 0 Å². The Hall–Kier alpha value is -1.90. The number of hydrogen-bond acceptors (Lipinski definition) is 2. The maximum Gasteiger partial charge on any atom is 0.142 e. The van der Waals surface area contributed by atoms with Gasteiger partial charge in [0.2, 0.25) is 0 Å². The van der Waals surface area contributed by atoms with E-state index in [1.54, 1.807) is 0 Å². The Morgan fingerprint density at radius 1 is 1.33 bits per heavy atom. The van der Waals surface area contributed by atoms with Crippen LogP contribution in [0.4, 0.5) is 0 Å². The van der Waals surface area contributed by atoms with Crippen LogP contribution in [0, 0.1) is 5.92 Å². The molecule has 3 nitrogen and oxygen atoms in total. The number of nitrogens with zero attached hydrogens (tertiary/aromatic N) is 2. The first-order chi connectivity index (χ1) is 10.2. The zero-order valence-corrected chi connectivity index (χ0v) is 12.8. The Bertz CT molecular complexity index is 657. The third-order valence-electron chi connectivity index (χ3n) is 4.55. The highest BCUT2D eigenvalue weighted by atomic mass is 16.1. The van der Waals surface area contributed by atoms with Gasteiger partial charge in [-0.1, -0.05) is 31.2 Å². The van der Waals surface area contributed by atoms with Gasteiger partial charge in [0.15, 0.2) is 0 Å². The molecule has 1 atom stereocenters. The van der Waals surface area contributed by atoms with Gasteiger partial charge in [-0.3, -0.25) is 9.48 Å². The molecule has 0 spiro atoms. The number of aryl methyl sites for hydroxylation is 3. The van der Waals surface area contributed by atoms with E-state index < -0.39 is 0 Å². The first-order valence-electron chi connectivity index (χ1n) is 7.78. The zero-order valence-electron chi connectivity index (χ0n) is 12.8. The number of rotatable bonds is 4.